The zero-order valence-corrected chi connectivity index (χ0v) is 18.2. The van der Waals surface area contributed by atoms with E-state index in [9.17, 15) is 18.0 Å². The number of amides is 1. The summed E-state index contributed by atoms with van der Waals surface area (Å²) in [5.41, 5.74) is 0.764. The summed E-state index contributed by atoms with van der Waals surface area (Å²) in [6.07, 6.45) is 1.51. The van der Waals surface area contributed by atoms with Gasteiger partial charge in [0.15, 0.2) is 0 Å². The number of carbonyl (C=O) groups excluding carboxylic acids is 2. The average molecular weight is 438 g/mol. The molecule has 0 spiro atoms. The van der Waals surface area contributed by atoms with Crippen LogP contribution in [-0.2, 0) is 19.6 Å². The molecule has 0 atom stereocenters. The molecule has 0 N–H and O–H groups in total. The Morgan fingerprint density at radius 3 is 2.17 bits per heavy atom. The number of hydrogen-bond donors (Lipinski definition) is 0. The van der Waals surface area contributed by atoms with Gasteiger partial charge in [-0.1, -0.05) is 25.4 Å². The lowest BCUT2D eigenvalue weighted by atomic mass is 10.2. The second kappa shape index (κ2) is 9.89. The van der Waals surface area contributed by atoms with Gasteiger partial charge < -0.3 is 4.74 Å². The molecule has 0 fully saturated rings. The van der Waals surface area contributed by atoms with Crippen molar-refractivity contribution >= 4 is 39.2 Å². The summed E-state index contributed by atoms with van der Waals surface area (Å²) in [5, 5.41) is 0.439. The van der Waals surface area contributed by atoms with Crippen LogP contribution in [0, 0.1) is 6.92 Å². The third kappa shape index (κ3) is 5.58. The van der Waals surface area contributed by atoms with Crippen molar-refractivity contribution in [1.82, 2.24) is 0 Å². The van der Waals surface area contributed by atoms with E-state index in [1.807, 2.05) is 6.92 Å². The van der Waals surface area contributed by atoms with Gasteiger partial charge in [-0.15, -0.1) is 0 Å². The van der Waals surface area contributed by atoms with Crippen LogP contribution in [-0.4, -0.2) is 20.3 Å². The fraction of sp³-hybridized carbons (Fsp3) is 0.333. The van der Waals surface area contributed by atoms with Gasteiger partial charge in [-0.3, -0.25) is 9.59 Å². The molecule has 0 saturated carbocycles. The van der Waals surface area contributed by atoms with Crippen molar-refractivity contribution < 1.29 is 22.7 Å². The van der Waals surface area contributed by atoms with Gasteiger partial charge in [0, 0.05) is 17.9 Å². The summed E-state index contributed by atoms with van der Waals surface area (Å²) in [5.74, 6) is -0.630. The van der Waals surface area contributed by atoms with Gasteiger partial charge in [0.25, 0.3) is 10.0 Å². The Labute approximate surface area is 176 Å². The molecule has 0 radical (unpaired) electrons. The molecule has 0 heterocycles. The molecule has 0 aromatic heterocycles. The number of hydrogen-bond acceptors (Lipinski definition) is 5. The third-order valence-electron chi connectivity index (χ3n) is 4.12. The summed E-state index contributed by atoms with van der Waals surface area (Å²) in [6.45, 7) is 5.36. The summed E-state index contributed by atoms with van der Waals surface area (Å²) in [7, 11) is -4.14. The molecule has 1 amide bonds. The lowest BCUT2D eigenvalue weighted by Crippen LogP contribution is -2.36. The van der Waals surface area contributed by atoms with E-state index in [0.29, 0.717) is 23.4 Å². The number of aryl methyl sites for hydroxylation is 1. The Hall–Kier alpha value is -2.38. The van der Waals surface area contributed by atoms with Gasteiger partial charge >= 0.3 is 5.97 Å². The van der Waals surface area contributed by atoms with Crippen LogP contribution < -0.4 is 9.04 Å². The van der Waals surface area contributed by atoms with E-state index in [0.717, 1.165) is 4.31 Å². The minimum absolute atomic E-state index is 0.0256. The topological polar surface area (TPSA) is 80.8 Å². The number of esters is 1. The monoisotopic (exact) mass is 437 g/mol. The first-order valence-electron chi connectivity index (χ1n) is 9.35. The first-order valence-corrected chi connectivity index (χ1v) is 11.2. The molecule has 0 aliphatic rings. The minimum atomic E-state index is -4.14. The van der Waals surface area contributed by atoms with E-state index in [1.165, 1.54) is 42.5 Å². The number of rotatable bonds is 8. The van der Waals surface area contributed by atoms with Crippen molar-refractivity contribution in [3.63, 3.8) is 0 Å². The number of benzene rings is 2. The van der Waals surface area contributed by atoms with Gasteiger partial charge in [-0.2, -0.15) is 0 Å². The number of anilines is 1. The second-order valence-electron chi connectivity index (χ2n) is 6.54. The first kappa shape index (κ1) is 22.9. The van der Waals surface area contributed by atoms with Crippen molar-refractivity contribution in [2.24, 2.45) is 0 Å². The zero-order chi connectivity index (χ0) is 21.6. The summed E-state index contributed by atoms with van der Waals surface area (Å²) >= 11 is 6.00. The van der Waals surface area contributed by atoms with Crippen molar-refractivity contribution in [3.05, 3.63) is 53.1 Å². The van der Waals surface area contributed by atoms with Crippen LogP contribution in [0.4, 0.5) is 5.69 Å². The molecule has 0 aliphatic carbocycles. The van der Waals surface area contributed by atoms with E-state index in [-0.39, 0.29) is 35.1 Å². The lowest BCUT2D eigenvalue weighted by Gasteiger charge is -2.23. The van der Waals surface area contributed by atoms with Gasteiger partial charge in [0.05, 0.1) is 10.6 Å². The molecule has 2 rings (SSSR count). The molecule has 2 aromatic carbocycles. The Bertz CT molecular complexity index is 987. The van der Waals surface area contributed by atoms with E-state index in [4.69, 9.17) is 16.3 Å². The maximum absolute atomic E-state index is 13.2. The predicted octanol–water partition coefficient (Wildman–Crippen LogP) is 4.88. The highest BCUT2D eigenvalue weighted by atomic mass is 35.5. The Kier molecular flexibility index (Phi) is 7.81. The highest BCUT2D eigenvalue weighted by Gasteiger charge is 2.30. The number of nitrogens with zero attached hydrogens (tertiary/aromatic N) is 1. The highest BCUT2D eigenvalue weighted by Crippen LogP contribution is 2.29. The summed E-state index contributed by atoms with van der Waals surface area (Å²) in [6, 6.07) is 10.1. The molecule has 29 heavy (non-hydrogen) atoms. The Balaban J connectivity index is 2.43. The molecule has 0 unspecified atom stereocenters. The van der Waals surface area contributed by atoms with E-state index in [2.05, 4.69) is 0 Å². The Morgan fingerprint density at radius 1 is 1.00 bits per heavy atom. The van der Waals surface area contributed by atoms with Crippen LogP contribution in [0.1, 0.15) is 45.1 Å². The molecule has 0 bridgehead atoms. The Morgan fingerprint density at radius 2 is 1.62 bits per heavy atom. The summed E-state index contributed by atoms with van der Waals surface area (Å²) < 4.78 is 32.5. The van der Waals surface area contributed by atoms with Crippen molar-refractivity contribution in [2.75, 3.05) is 4.31 Å². The molecular weight excluding hydrogens is 414 g/mol. The van der Waals surface area contributed by atoms with Gasteiger partial charge in [-0.25, -0.2) is 12.7 Å². The molecule has 0 saturated heterocycles. The van der Waals surface area contributed by atoms with E-state index < -0.39 is 15.9 Å². The summed E-state index contributed by atoms with van der Waals surface area (Å²) in [4.78, 5) is 24.3. The normalized spacial score (nSPS) is 11.2. The van der Waals surface area contributed by atoms with Crippen molar-refractivity contribution in [1.29, 1.82) is 0 Å². The van der Waals surface area contributed by atoms with Crippen LogP contribution in [0.2, 0.25) is 5.02 Å². The number of carbonyl (C=O) groups is 2. The maximum atomic E-state index is 13.2. The minimum Gasteiger partial charge on any atom is -0.427 e. The van der Waals surface area contributed by atoms with Gasteiger partial charge in [0.1, 0.15) is 5.75 Å². The molecule has 8 heteroatoms. The third-order valence-corrected chi connectivity index (χ3v) is 6.28. The fourth-order valence-corrected chi connectivity index (χ4v) is 4.30. The molecule has 156 valence electrons. The van der Waals surface area contributed by atoms with E-state index >= 15 is 0 Å². The van der Waals surface area contributed by atoms with Gasteiger partial charge in [0.2, 0.25) is 5.91 Å². The quantitative estimate of drug-likeness (QED) is 0.434. The predicted molar refractivity (Wildman–Crippen MR) is 113 cm³/mol. The van der Waals surface area contributed by atoms with Crippen molar-refractivity contribution in [2.45, 2.75) is 51.3 Å². The maximum Gasteiger partial charge on any atom is 0.311 e. The SMILES string of the molecule is CCCC(=O)Oc1ccc(N(C(=O)CCC)S(=O)(=O)c2ccc(Cl)c(C)c2)cc1. The van der Waals surface area contributed by atoms with Gasteiger partial charge in [-0.05, 0) is 67.8 Å². The molecule has 2 aromatic rings. The number of halogens is 1. The van der Waals surface area contributed by atoms with Crippen LogP contribution in [0.3, 0.4) is 0 Å². The largest absolute Gasteiger partial charge is 0.427 e. The second-order valence-corrected chi connectivity index (χ2v) is 8.74. The highest BCUT2D eigenvalue weighted by molar-refractivity contribution is 7.93. The smallest absolute Gasteiger partial charge is 0.311 e. The number of ether oxygens (including phenoxy) is 1. The molecule has 0 aliphatic heterocycles. The standard InChI is InChI=1S/C21H24ClNO5S/c1-4-6-20(24)23(29(26,27)18-12-13-19(22)15(3)14-18)16-8-10-17(11-9-16)28-21(25)7-5-2/h8-14H,4-7H2,1-3H3. The van der Waals surface area contributed by atoms with Crippen LogP contribution in [0.15, 0.2) is 47.4 Å². The first-order chi connectivity index (χ1) is 13.7. The van der Waals surface area contributed by atoms with Crippen LogP contribution >= 0.6 is 11.6 Å². The van der Waals surface area contributed by atoms with Crippen LogP contribution in [0.5, 0.6) is 5.75 Å². The fourth-order valence-electron chi connectivity index (χ4n) is 2.65. The zero-order valence-electron chi connectivity index (χ0n) is 16.6. The molecular formula is C21H24ClNO5S. The number of sulfonamides is 1. The lowest BCUT2D eigenvalue weighted by molar-refractivity contribution is -0.134. The van der Waals surface area contributed by atoms with Crippen molar-refractivity contribution in [3.8, 4) is 5.75 Å². The van der Waals surface area contributed by atoms with E-state index in [1.54, 1.807) is 13.8 Å². The average Bonchev–Trinajstić information content (AvgIpc) is 2.65. The molecule has 6 nitrogen and oxygen atoms in total. The van der Waals surface area contributed by atoms with Crippen LogP contribution in [0.25, 0.3) is 0 Å².